The van der Waals surface area contributed by atoms with Gasteiger partial charge in [0, 0.05) is 32.4 Å². The van der Waals surface area contributed by atoms with Gasteiger partial charge in [-0.25, -0.2) is 0 Å². The Kier molecular flexibility index (Phi) is 5.71. The topological polar surface area (TPSA) is 120 Å². The minimum absolute atomic E-state index is 0.133. The standard InChI is InChI=1S/C11H16N4O4/c1-19-6-2-5-13-11(16)9-7-8(15(17)18)3-4-10(9)14-12/h3-4,7,14H,2,5-6,12H2,1H3,(H,13,16). The maximum Gasteiger partial charge on any atom is 0.270 e. The van der Waals surface area contributed by atoms with E-state index in [2.05, 4.69) is 10.7 Å². The van der Waals surface area contributed by atoms with Crippen LogP contribution in [0.3, 0.4) is 0 Å². The van der Waals surface area contributed by atoms with E-state index in [0.29, 0.717) is 25.3 Å². The molecule has 19 heavy (non-hydrogen) atoms. The van der Waals surface area contributed by atoms with E-state index in [9.17, 15) is 14.9 Å². The van der Waals surface area contributed by atoms with Crippen molar-refractivity contribution in [2.45, 2.75) is 6.42 Å². The summed E-state index contributed by atoms with van der Waals surface area (Å²) in [6.07, 6.45) is 0.655. The van der Waals surface area contributed by atoms with Crippen LogP contribution in [0.4, 0.5) is 11.4 Å². The van der Waals surface area contributed by atoms with Gasteiger partial charge in [0.05, 0.1) is 16.2 Å². The number of nitro groups is 1. The SMILES string of the molecule is COCCCNC(=O)c1cc([N+](=O)[O-])ccc1NN. The fourth-order valence-electron chi connectivity index (χ4n) is 1.47. The van der Waals surface area contributed by atoms with E-state index >= 15 is 0 Å². The molecule has 0 atom stereocenters. The van der Waals surface area contributed by atoms with Crippen LogP contribution < -0.4 is 16.6 Å². The van der Waals surface area contributed by atoms with E-state index in [-0.39, 0.29) is 11.3 Å². The van der Waals surface area contributed by atoms with Crippen molar-refractivity contribution in [3.63, 3.8) is 0 Å². The van der Waals surface area contributed by atoms with Gasteiger partial charge >= 0.3 is 0 Å². The van der Waals surface area contributed by atoms with Crippen LogP contribution in [0.2, 0.25) is 0 Å². The van der Waals surface area contributed by atoms with E-state index in [1.807, 2.05) is 0 Å². The molecule has 0 radical (unpaired) electrons. The van der Waals surface area contributed by atoms with Crippen molar-refractivity contribution < 1.29 is 14.5 Å². The van der Waals surface area contributed by atoms with Gasteiger partial charge < -0.3 is 15.5 Å². The number of carbonyl (C=O) groups is 1. The Morgan fingerprint density at radius 1 is 1.53 bits per heavy atom. The Labute approximate surface area is 110 Å². The molecule has 1 rings (SSSR count). The first-order valence-corrected chi connectivity index (χ1v) is 5.62. The lowest BCUT2D eigenvalue weighted by atomic mass is 10.1. The number of rotatable bonds is 7. The van der Waals surface area contributed by atoms with Crippen molar-refractivity contribution in [2.24, 2.45) is 5.84 Å². The summed E-state index contributed by atoms with van der Waals surface area (Å²) in [5.74, 6) is 4.85. The number of nitrogens with zero attached hydrogens (tertiary/aromatic N) is 1. The summed E-state index contributed by atoms with van der Waals surface area (Å²) in [5, 5.41) is 13.3. The lowest BCUT2D eigenvalue weighted by Gasteiger charge is -2.09. The summed E-state index contributed by atoms with van der Waals surface area (Å²) in [4.78, 5) is 22.0. The number of non-ortho nitro benzene ring substituents is 1. The molecule has 0 heterocycles. The molecular formula is C11H16N4O4. The Morgan fingerprint density at radius 3 is 2.84 bits per heavy atom. The second kappa shape index (κ2) is 7.29. The van der Waals surface area contributed by atoms with Crippen LogP contribution in [0.1, 0.15) is 16.8 Å². The molecule has 0 aliphatic rings. The second-order valence-electron chi connectivity index (χ2n) is 3.73. The number of nitrogens with two attached hydrogens (primary N) is 1. The average molecular weight is 268 g/mol. The predicted molar refractivity (Wildman–Crippen MR) is 69.7 cm³/mol. The largest absolute Gasteiger partial charge is 0.385 e. The molecule has 104 valence electrons. The maximum atomic E-state index is 11.9. The Morgan fingerprint density at radius 2 is 2.26 bits per heavy atom. The Bertz CT molecular complexity index is 464. The number of hydrogen-bond donors (Lipinski definition) is 3. The quantitative estimate of drug-likeness (QED) is 0.289. The number of nitro benzene ring substituents is 1. The first-order chi connectivity index (χ1) is 9.10. The molecule has 8 nitrogen and oxygen atoms in total. The molecule has 1 aromatic rings. The molecule has 0 spiro atoms. The maximum absolute atomic E-state index is 11.9. The summed E-state index contributed by atoms with van der Waals surface area (Å²) in [6, 6.07) is 3.85. The highest BCUT2D eigenvalue weighted by Gasteiger charge is 2.15. The Balaban J connectivity index is 2.81. The normalized spacial score (nSPS) is 10.0. The number of methoxy groups -OCH3 is 1. The molecule has 0 aliphatic heterocycles. The number of benzene rings is 1. The van der Waals surface area contributed by atoms with E-state index in [1.54, 1.807) is 7.11 Å². The summed E-state index contributed by atoms with van der Waals surface area (Å²) in [7, 11) is 1.57. The smallest absolute Gasteiger partial charge is 0.270 e. The number of anilines is 1. The predicted octanol–water partition coefficient (Wildman–Crippen LogP) is 0.647. The molecule has 0 fully saturated rings. The van der Waals surface area contributed by atoms with Crippen molar-refractivity contribution in [2.75, 3.05) is 25.7 Å². The number of nitrogens with one attached hydrogen (secondary N) is 2. The summed E-state index contributed by atoms with van der Waals surface area (Å²) in [5.41, 5.74) is 2.63. The molecule has 0 bridgehead atoms. The first kappa shape index (κ1) is 14.9. The van der Waals surface area contributed by atoms with Crippen LogP contribution >= 0.6 is 0 Å². The van der Waals surface area contributed by atoms with Crippen molar-refractivity contribution in [1.82, 2.24) is 5.32 Å². The van der Waals surface area contributed by atoms with Crippen LogP contribution in [-0.4, -0.2) is 31.1 Å². The van der Waals surface area contributed by atoms with E-state index in [0.717, 1.165) is 0 Å². The van der Waals surface area contributed by atoms with Crippen LogP contribution in [0.5, 0.6) is 0 Å². The van der Waals surface area contributed by atoms with Gasteiger partial charge in [0.2, 0.25) is 0 Å². The number of carbonyl (C=O) groups excluding carboxylic acids is 1. The van der Waals surface area contributed by atoms with Gasteiger partial charge in [-0.1, -0.05) is 0 Å². The molecule has 0 aromatic heterocycles. The molecule has 0 saturated carbocycles. The van der Waals surface area contributed by atoms with E-state index in [4.69, 9.17) is 10.6 Å². The zero-order valence-corrected chi connectivity index (χ0v) is 10.5. The molecule has 0 aliphatic carbocycles. The monoisotopic (exact) mass is 268 g/mol. The molecular weight excluding hydrogens is 252 g/mol. The fourth-order valence-corrected chi connectivity index (χ4v) is 1.47. The molecule has 0 saturated heterocycles. The van der Waals surface area contributed by atoms with Gasteiger partial charge in [0.25, 0.3) is 11.6 Å². The number of ether oxygens (including phenoxy) is 1. The first-order valence-electron chi connectivity index (χ1n) is 5.62. The van der Waals surface area contributed by atoms with E-state index < -0.39 is 10.8 Å². The number of nitrogen functional groups attached to an aromatic ring is 1. The molecule has 0 unspecified atom stereocenters. The van der Waals surface area contributed by atoms with Gasteiger partial charge in [-0.05, 0) is 12.5 Å². The lowest BCUT2D eigenvalue weighted by molar-refractivity contribution is -0.384. The van der Waals surface area contributed by atoms with Gasteiger partial charge in [-0.3, -0.25) is 20.8 Å². The van der Waals surface area contributed by atoms with Gasteiger partial charge in [0.15, 0.2) is 0 Å². The third kappa shape index (κ3) is 4.19. The zero-order chi connectivity index (χ0) is 14.3. The van der Waals surface area contributed by atoms with Crippen LogP contribution in [0.25, 0.3) is 0 Å². The van der Waals surface area contributed by atoms with Crippen molar-refractivity contribution in [3.05, 3.63) is 33.9 Å². The molecule has 4 N–H and O–H groups in total. The molecule has 1 amide bonds. The van der Waals surface area contributed by atoms with Crippen molar-refractivity contribution in [1.29, 1.82) is 0 Å². The van der Waals surface area contributed by atoms with E-state index in [1.165, 1.54) is 18.2 Å². The third-order valence-corrected chi connectivity index (χ3v) is 2.42. The van der Waals surface area contributed by atoms with Crippen molar-refractivity contribution >= 4 is 17.3 Å². The highest BCUT2D eigenvalue weighted by Crippen LogP contribution is 2.21. The number of amides is 1. The van der Waals surface area contributed by atoms with Gasteiger partial charge in [-0.15, -0.1) is 0 Å². The zero-order valence-electron chi connectivity index (χ0n) is 10.5. The summed E-state index contributed by atoms with van der Waals surface area (Å²) < 4.78 is 4.85. The number of hydrogen-bond acceptors (Lipinski definition) is 6. The third-order valence-electron chi connectivity index (χ3n) is 2.42. The second-order valence-corrected chi connectivity index (χ2v) is 3.73. The Hall–Kier alpha value is -2.19. The number of hydrazine groups is 1. The molecule has 1 aromatic carbocycles. The van der Waals surface area contributed by atoms with Crippen LogP contribution in [-0.2, 0) is 4.74 Å². The highest BCUT2D eigenvalue weighted by atomic mass is 16.6. The van der Waals surface area contributed by atoms with Gasteiger partial charge in [0.1, 0.15) is 0 Å². The van der Waals surface area contributed by atoms with Crippen molar-refractivity contribution in [3.8, 4) is 0 Å². The minimum Gasteiger partial charge on any atom is -0.385 e. The fraction of sp³-hybridized carbons (Fsp3) is 0.364. The van der Waals surface area contributed by atoms with Gasteiger partial charge in [-0.2, -0.15) is 0 Å². The van der Waals surface area contributed by atoms with Crippen LogP contribution in [0.15, 0.2) is 18.2 Å². The minimum atomic E-state index is -0.567. The highest BCUT2D eigenvalue weighted by molar-refractivity contribution is 6.00. The lowest BCUT2D eigenvalue weighted by Crippen LogP contribution is -2.26. The summed E-state index contributed by atoms with van der Waals surface area (Å²) in [6.45, 7) is 0.941. The summed E-state index contributed by atoms with van der Waals surface area (Å²) >= 11 is 0. The average Bonchev–Trinajstić information content (AvgIpc) is 2.42. The molecule has 8 heteroatoms. The van der Waals surface area contributed by atoms with Crippen LogP contribution in [0, 0.1) is 10.1 Å².